The summed E-state index contributed by atoms with van der Waals surface area (Å²) in [6.45, 7) is 0. The van der Waals surface area contributed by atoms with Crippen molar-refractivity contribution in [2.75, 3.05) is 32.8 Å². The second-order valence-corrected chi connectivity index (χ2v) is 5.50. The fourth-order valence-corrected chi connectivity index (χ4v) is 2.41. The number of hydrogen-bond donors (Lipinski definition) is 2. The van der Waals surface area contributed by atoms with Crippen LogP contribution < -0.4 is 25.7 Å². The van der Waals surface area contributed by atoms with Crippen LogP contribution in [0.15, 0.2) is 54.7 Å². The average molecular weight is 368 g/mol. The van der Waals surface area contributed by atoms with Crippen LogP contribution in [-0.2, 0) is 6.42 Å². The number of rotatable bonds is 5. The van der Waals surface area contributed by atoms with Crippen LogP contribution in [0.3, 0.4) is 0 Å². The first-order valence-corrected chi connectivity index (χ1v) is 8.24. The Kier molecular flexibility index (Phi) is 7.25. The molecule has 3 aromatic rings. The van der Waals surface area contributed by atoms with Gasteiger partial charge in [0.1, 0.15) is 5.82 Å². The Bertz CT molecular complexity index is 805. The van der Waals surface area contributed by atoms with Crippen molar-refractivity contribution in [3.05, 3.63) is 65.9 Å². The molecular formula is C20H24N4O3. The molecule has 1 heterocycles. The largest absolute Gasteiger partial charge is 0.493 e. The predicted octanol–water partition coefficient (Wildman–Crippen LogP) is 2.94. The molecule has 142 valence electrons. The van der Waals surface area contributed by atoms with Gasteiger partial charge in [0.05, 0.1) is 21.3 Å². The summed E-state index contributed by atoms with van der Waals surface area (Å²) in [5, 5.41) is 0. The van der Waals surface area contributed by atoms with E-state index in [9.17, 15) is 0 Å². The fraction of sp³-hybridized carbons (Fsp3) is 0.200. The van der Waals surface area contributed by atoms with Crippen molar-refractivity contribution in [3.63, 3.8) is 0 Å². The van der Waals surface area contributed by atoms with Crippen LogP contribution in [-0.4, -0.2) is 31.3 Å². The van der Waals surface area contributed by atoms with Crippen molar-refractivity contribution in [3.8, 4) is 17.2 Å². The fourth-order valence-electron chi connectivity index (χ4n) is 2.41. The van der Waals surface area contributed by atoms with Gasteiger partial charge in [0.25, 0.3) is 0 Å². The number of nitrogens with zero attached hydrogens (tertiary/aromatic N) is 2. The minimum Gasteiger partial charge on any atom is -0.493 e. The highest BCUT2D eigenvalue weighted by Gasteiger charge is 2.14. The Morgan fingerprint density at radius 3 is 1.74 bits per heavy atom. The van der Waals surface area contributed by atoms with Gasteiger partial charge in [-0.1, -0.05) is 36.4 Å². The lowest BCUT2D eigenvalue weighted by Crippen LogP contribution is -2.04. The summed E-state index contributed by atoms with van der Waals surface area (Å²) in [5.41, 5.74) is 13.1. The van der Waals surface area contributed by atoms with E-state index in [-0.39, 0.29) is 5.95 Å². The summed E-state index contributed by atoms with van der Waals surface area (Å²) in [7, 11) is 4.70. The second kappa shape index (κ2) is 9.86. The summed E-state index contributed by atoms with van der Waals surface area (Å²) in [4.78, 5) is 7.90. The summed E-state index contributed by atoms with van der Waals surface area (Å²) < 4.78 is 15.9. The summed E-state index contributed by atoms with van der Waals surface area (Å²) in [5.74, 6) is 2.23. The van der Waals surface area contributed by atoms with E-state index in [0.29, 0.717) is 29.5 Å². The van der Waals surface area contributed by atoms with Crippen molar-refractivity contribution in [2.24, 2.45) is 0 Å². The van der Waals surface area contributed by atoms with Crippen LogP contribution in [0, 0.1) is 0 Å². The number of benzene rings is 2. The van der Waals surface area contributed by atoms with E-state index in [1.165, 1.54) is 0 Å². The summed E-state index contributed by atoms with van der Waals surface area (Å²) in [6.07, 6.45) is 2.14. The minimum absolute atomic E-state index is 0.154. The minimum atomic E-state index is 0.154. The maximum absolute atomic E-state index is 5.85. The van der Waals surface area contributed by atoms with Crippen molar-refractivity contribution in [2.45, 2.75) is 6.42 Å². The Labute approximate surface area is 158 Å². The SMILES string of the molecule is COc1cc(Cc2cnc(N)nc2N)cc(OC)c1OC.c1ccccc1. The van der Waals surface area contributed by atoms with Crippen LogP contribution in [0.1, 0.15) is 11.1 Å². The molecule has 4 N–H and O–H groups in total. The molecule has 0 aliphatic carbocycles. The lowest BCUT2D eigenvalue weighted by Gasteiger charge is -2.14. The molecule has 0 radical (unpaired) electrons. The van der Waals surface area contributed by atoms with Gasteiger partial charge in [-0.15, -0.1) is 0 Å². The number of methoxy groups -OCH3 is 3. The Hall–Kier alpha value is -3.48. The molecule has 0 saturated heterocycles. The highest BCUT2D eigenvalue weighted by Crippen LogP contribution is 2.38. The summed E-state index contributed by atoms with van der Waals surface area (Å²) in [6, 6.07) is 15.7. The molecule has 0 saturated carbocycles. The molecule has 7 heteroatoms. The molecule has 0 unspecified atom stereocenters. The second-order valence-electron chi connectivity index (χ2n) is 5.50. The lowest BCUT2D eigenvalue weighted by molar-refractivity contribution is 0.324. The standard InChI is InChI=1S/C14H18N4O3.C6H6/c1-19-10-5-8(6-11(20-2)12(10)21-3)4-9-7-17-14(16)18-13(9)15;1-2-4-6-5-3-1/h5-7H,4H2,1-3H3,(H4,15,16,17,18);1-6H. The van der Waals surface area contributed by atoms with Gasteiger partial charge in [-0.25, -0.2) is 4.98 Å². The van der Waals surface area contributed by atoms with E-state index in [4.69, 9.17) is 25.7 Å². The van der Waals surface area contributed by atoms with E-state index >= 15 is 0 Å². The van der Waals surface area contributed by atoms with Crippen molar-refractivity contribution >= 4 is 11.8 Å². The van der Waals surface area contributed by atoms with Gasteiger partial charge in [-0.2, -0.15) is 4.98 Å². The quantitative estimate of drug-likeness (QED) is 0.713. The number of nitrogen functional groups attached to an aromatic ring is 2. The van der Waals surface area contributed by atoms with Gasteiger partial charge in [-0.05, 0) is 17.7 Å². The maximum atomic E-state index is 5.85. The topological polar surface area (TPSA) is 106 Å². The summed E-state index contributed by atoms with van der Waals surface area (Å²) >= 11 is 0. The molecule has 27 heavy (non-hydrogen) atoms. The Balaban J connectivity index is 0.000000369. The highest BCUT2D eigenvalue weighted by atomic mass is 16.5. The first-order chi connectivity index (χ1) is 13.1. The molecular weight excluding hydrogens is 344 g/mol. The molecule has 2 aromatic carbocycles. The number of hydrogen-bond acceptors (Lipinski definition) is 7. The van der Waals surface area contributed by atoms with Crippen LogP contribution in [0.4, 0.5) is 11.8 Å². The van der Waals surface area contributed by atoms with Crippen molar-refractivity contribution < 1.29 is 14.2 Å². The highest BCUT2D eigenvalue weighted by molar-refractivity contribution is 5.55. The molecule has 7 nitrogen and oxygen atoms in total. The molecule has 3 rings (SSSR count). The molecule has 0 spiro atoms. The Morgan fingerprint density at radius 1 is 0.815 bits per heavy atom. The first kappa shape index (κ1) is 19.8. The smallest absolute Gasteiger partial charge is 0.221 e. The van der Waals surface area contributed by atoms with E-state index in [0.717, 1.165) is 11.1 Å². The van der Waals surface area contributed by atoms with E-state index in [2.05, 4.69) is 9.97 Å². The molecule has 0 atom stereocenters. The molecule has 1 aromatic heterocycles. The molecule has 0 aliphatic rings. The van der Waals surface area contributed by atoms with Crippen molar-refractivity contribution in [1.82, 2.24) is 9.97 Å². The zero-order valence-electron chi connectivity index (χ0n) is 15.7. The van der Waals surface area contributed by atoms with Crippen LogP contribution in [0.5, 0.6) is 17.2 Å². The monoisotopic (exact) mass is 368 g/mol. The molecule has 0 fully saturated rings. The van der Waals surface area contributed by atoms with Gasteiger partial charge in [0.15, 0.2) is 11.5 Å². The number of nitrogens with two attached hydrogens (primary N) is 2. The number of ether oxygens (including phenoxy) is 3. The van der Waals surface area contributed by atoms with E-state index in [1.807, 2.05) is 48.5 Å². The zero-order valence-corrected chi connectivity index (χ0v) is 15.7. The van der Waals surface area contributed by atoms with Gasteiger partial charge < -0.3 is 25.7 Å². The van der Waals surface area contributed by atoms with Crippen molar-refractivity contribution in [1.29, 1.82) is 0 Å². The third-order valence-corrected chi connectivity index (χ3v) is 3.70. The molecule has 0 aliphatic heterocycles. The third kappa shape index (κ3) is 5.50. The molecule has 0 bridgehead atoms. The Morgan fingerprint density at radius 2 is 1.33 bits per heavy atom. The normalized spacial score (nSPS) is 9.74. The van der Waals surface area contributed by atoms with E-state index in [1.54, 1.807) is 27.5 Å². The third-order valence-electron chi connectivity index (χ3n) is 3.70. The maximum Gasteiger partial charge on any atom is 0.221 e. The van der Waals surface area contributed by atoms with Gasteiger partial charge in [0, 0.05) is 18.2 Å². The number of aromatic nitrogens is 2. The lowest BCUT2D eigenvalue weighted by atomic mass is 10.1. The van der Waals surface area contributed by atoms with Crippen LogP contribution in [0.25, 0.3) is 0 Å². The van der Waals surface area contributed by atoms with Crippen LogP contribution in [0.2, 0.25) is 0 Å². The van der Waals surface area contributed by atoms with Gasteiger partial charge in [0.2, 0.25) is 11.7 Å². The molecule has 0 amide bonds. The predicted molar refractivity (Wildman–Crippen MR) is 106 cm³/mol. The average Bonchev–Trinajstić information content (AvgIpc) is 2.71. The van der Waals surface area contributed by atoms with Crippen LogP contribution >= 0.6 is 0 Å². The van der Waals surface area contributed by atoms with Gasteiger partial charge >= 0.3 is 0 Å². The number of anilines is 2. The zero-order chi connectivity index (χ0) is 19.6. The first-order valence-electron chi connectivity index (χ1n) is 8.24. The van der Waals surface area contributed by atoms with E-state index < -0.39 is 0 Å². The van der Waals surface area contributed by atoms with Gasteiger partial charge in [-0.3, -0.25) is 0 Å².